The second-order valence-corrected chi connectivity index (χ2v) is 5.35. The summed E-state index contributed by atoms with van der Waals surface area (Å²) < 4.78 is 0. The molecule has 0 bridgehead atoms. The molecule has 1 aromatic carbocycles. The van der Waals surface area contributed by atoms with E-state index >= 15 is 0 Å². The Labute approximate surface area is 112 Å². The minimum atomic E-state index is 0.276. The van der Waals surface area contributed by atoms with Crippen LogP contribution in [0.25, 0.3) is 0 Å². The molecule has 0 aliphatic heterocycles. The summed E-state index contributed by atoms with van der Waals surface area (Å²) in [4.78, 5) is 0. The third-order valence-electron chi connectivity index (χ3n) is 3.68. The molecule has 1 atom stereocenters. The Kier molecular flexibility index (Phi) is 7.75. The first kappa shape index (κ1) is 15.2. The summed E-state index contributed by atoms with van der Waals surface area (Å²) in [6.45, 7) is 4.63. The highest BCUT2D eigenvalue weighted by Crippen LogP contribution is 2.22. The maximum atomic E-state index is 9.49. The summed E-state index contributed by atoms with van der Waals surface area (Å²) in [5.41, 5.74) is 2.58. The Morgan fingerprint density at radius 2 is 1.56 bits per heavy atom. The quantitative estimate of drug-likeness (QED) is 0.621. The summed E-state index contributed by atoms with van der Waals surface area (Å²) in [7, 11) is 0. The predicted molar refractivity (Wildman–Crippen MR) is 79.0 cm³/mol. The Morgan fingerprint density at radius 3 is 2.17 bits per heavy atom. The van der Waals surface area contributed by atoms with E-state index in [2.05, 4.69) is 38.1 Å². The SMILES string of the molecule is CCCCCCCCC(CO)c1ccc(C)cc1. The van der Waals surface area contributed by atoms with Crippen molar-refractivity contribution >= 4 is 0 Å². The smallest absolute Gasteiger partial charge is 0.0499 e. The Morgan fingerprint density at radius 1 is 0.944 bits per heavy atom. The molecule has 1 aromatic rings. The Hall–Kier alpha value is -0.820. The monoisotopic (exact) mass is 248 g/mol. The molecule has 0 saturated carbocycles. The second kappa shape index (κ2) is 9.16. The lowest BCUT2D eigenvalue weighted by Crippen LogP contribution is -2.04. The summed E-state index contributed by atoms with van der Waals surface area (Å²) in [5, 5.41) is 9.49. The molecular weight excluding hydrogens is 220 g/mol. The minimum absolute atomic E-state index is 0.276. The van der Waals surface area contributed by atoms with Crippen LogP contribution in [0.3, 0.4) is 0 Å². The number of hydrogen-bond acceptors (Lipinski definition) is 1. The van der Waals surface area contributed by atoms with E-state index in [0.29, 0.717) is 5.92 Å². The standard InChI is InChI=1S/C17H28O/c1-3-4-5-6-7-8-9-17(14-18)16-12-10-15(2)11-13-16/h10-13,17-18H,3-9,14H2,1-2H3. The third kappa shape index (κ3) is 5.68. The average molecular weight is 248 g/mol. The van der Waals surface area contributed by atoms with Crippen molar-refractivity contribution in [1.29, 1.82) is 0 Å². The van der Waals surface area contributed by atoms with Crippen molar-refractivity contribution in [2.24, 2.45) is 0 Å². The van der Waals surface area contributed by atoms with Crippen molar-refractivity contribution in [3.63, 3.8) is 0 Å². The molecule has 0 aliphatic carbocycles. The van der Waals surface area contributed by atoms with Gasteiger partial charge in [0.15, 0.2) is 0 Å². The summed E-state index contributed by atoms with van der Waals surface area (Å²) in [6.07, 6.45) is 9.05. The van der Waals surface area contributed by atoms with Crippen molar-refractivity contribution in [1.82, 2.24) is 0 Å². The Balaban J connectivity index is 2.27. The van der Waals surface area contributed by atoms with Crippen LogP contribution in [0, 0.1) is 6.92 Å². The number of unbranched alkanes of at least 4 members (excludes halogenated alkanes) is 5. The average Bonchev–Trinajstić information content (AvgIpc) is 2.39. The van der Waals surface area contributed by atoms with Gasteiger partial charge in [0.2, 0.25) is 0 Å². The molecule has 0 aliphatic rings. The normalized spacial score (nSPS) is 12.6. The minimum Gasteiger partial charge on any atom is -0.396 e. The predicted octanol–water partition coefficient (Wildman–Crippen LogP) is 4.82. The number of aliphatic hydroxyl groups is 1. The molecule has 0 fully saturated rings. The van der Waals surface area contributed by atoms with Gasteiger partial charge in [0.25, 0.3) is 0 Å². The van der Waals surface area contributed by atoms with Crippen molar-refractivity contribution in [2.45, 2.75) is 64.7 Å². The molecule has 0 aromatic heterocycles. The van der Waals surface area contributed by atoms with Crippen LogP contribution in [-0.4, -0.2) is 11.7 Å². The molecule has 18 heavy (non-hydrogen) atoms. The highest BCUT2D eigenvalue weighted by atomic mass is 16.3. The van der Waals surface area contributed by atoms with Gasteiger partial charge < -0.3 is 5.11 Å². The first-order valence-electron chi connectivity index (χ1n) is 7.45. The number of aliphatic hydroxyl groups excluding tert-OH is 1. The van der Waals surface area contributed by atoms with Gasteiger partial charge in [-0.2, -0.15) is 0 Å². The van der Waals surface area contributed by atoms with Crippen LogP contribution in [0.4, 0.5) is 0 Å². The molecule has 0 spiro atoms. The van der Waals surface area contributed by atoms with Gasteiger partial charge in [-0.15, -0.1) is 0 Å². The van der Waals surface area contributed by atoms with Crippen molar-refractivity contribution < 1.29 is 5.11 Å². The summed E-state index contributed by atoms with van der Waals surface area (Å²) >= 11 is 0. The van der Waals surface area contributed by atoms with E-state index in [1.165, 1.54) is 49.7 Å². The second-order valence-electron chi connectivity index (χ2n) is 5.35. The van der Waals surface area contributed by atoms with Gasteiger partial charge in [-0.25, -0.2) is 0 Å². The van der Waals surface area contributed by atoms with E-state index in [4.69, 9.17) is 0 Å². The van der Waals surface area contributed by atoms with Crippen LogP contribution < -0.4 is 0 Å². The lowest BCUT2D eigenvalue weighted by atomic mass is 9.93. The van der Waals surface area contributed by atoms with Crippen LogP contribution in [-0.2, 0) is 0 Å². The van der Waals surface area contributed by atoms with Crippen LogP contribution in [0.2, 0.25) is 0 Å². The largest absolute Gasteiger partial charge is 0.396 e. The van der Waals surface area contributed by atoms with Crippen LogP contribution in [0.15, 0.2) is 24.3 Å². The molecule has 1 nitrogen and oxygen atoms in total. The van der Waals surface area contributed by atoms with E-state index < -0.39 is 0 Å². The number of benzene rings is 1. The van der Waals surface area contributed by atoms with Gasteiger partial charge in [0.1, 0.15) is 0 Å². The number of rotatable bonds is 9. The van der Waals surface area contributed by atoms with E-state index in [9.17, 15) is 5.11 Å². The Bertz CT molecular complexity index is 302. The maximum absolute atomic E-state index is 9.49. The summed E-state index contributed by atoms with van der Waals surface area (Å²) in [6, 6.07) is 8.60. The third-order valence-corrected chi connectivity index (χ3v) is 3.68. The summed E-state index contributed by atoms with van der Waals surface area (Å²) in [5.74, 6) is 0.330. The fourth-order valence-corrected chi connectivity index (χ4v) is 2.37. The lowest BCUT2D eigenvalue weighted by Gasteiger charge is -2.14. The molecule has 1 rings (SSSR count). The first-order chi connectivity index (χ1) is 8.77. The molecule has 1 heteroatoms. The topological polar surface area (TPSA) is 20.2 Å². The van der Waals surface area contributed by atoms with E-state index in [1.807, 2.05) is 0 Å². The molecular formula is C17H28O. The highest BCUT2D eigenvalue weighted by molar-refractivity contribution is 5.24. The van der Waals surface area contributed by atoms with E-state index in [0.717, 1.165) is 6.42 Å². The molecule has 0 saturated heterocycles. The van der Waals surface area contributed by atoms with Gasteiger partial charge in [-0.1, -0.05) is 75.3 Å². The zero-order valence-corrected chi connectivity index (χ0v) is 12.0. The molecule has 0 heterocycles. The lowest BCUT2D eigenvalue weighted by molar-refractivity contribution is 0.256. The number of hydrogen-bond donors (Lipinski definition) is 1. The first-order valence-corrected chi connectivity index (χ1v) is 7.45. The fraction of sp³-hybridized carbons (Fsp3) is 0.647. The molecule has 0 amide bonds. The van der Waals surface area contributed by atoms with Gasteiger partial charge in [0, 0.05) is 12.5 Å². The zero-order chi connectivity index (χ0) is 13.2. The van der Waals surface area contributed by atoms with Crippen LogP contribution >= 0.6 is 0 Å². The molecule has 0 radical (unpaired) electrons. The van der Waals surface area contributed by atoms with Crippen molar-refractivity contribution in [3.05, 3.63) is 35.4 Å². The van der Waals surface area contributed by atoms with Crippen LogP contribution in [0.1, 0.15) is 68.9 Å². The van der Waals surface area contributed by atoms with Gasteiger partial charge >= 0.3 is 0 Å². The molecule has 1 N–H and O–H groups in total. The fourth-order valence-electron chi connectivity index (χ4n) is 2.37. The molecule has 1 unspecified atom stereocenters. The number of aryl methyl sites for hydroxylation is 1. The molecule has 102 valence electrons. The maximum Gasteiger partial charge on any atom is 0.0499 e. The van der Waals surface area contributed by atoms with Gasteiger partial charge in [0.05, 0.1) is 0 Å². The van der Waals surface area contributed by atoms with E-state index in [-0.39, 0.29) is 6.61 Å². The van der Waals surface area contributed by atoms with Crippen molar-refractivity contribution in [2.75, 3.05) is 6.61 Å². The zero-order valence-electron chi connectivity index (χ0n) is 12.0. The van der Waals surface area contributed by atoms with Crippen molar-refractivity contribution in [3.8, 4) is 0 Å². The van der Waals surface area contributed by atoms with Crippen LogP contribution in [0.5, 0.6) is 0 Å². The van der Waals surface area contributed by atoms with Gasteiger partial charge in [-0.05, 0) is 18.9 Å². The van der Waals surface area contributed by atoms with Gasteiger partial charge in [-0.3, -0.25) is 0 Å². The highest BCUT2D eigenvalue weighted by Gasteiger charge is 2.09. The van der Waals surface area contributed by atoms with E-state index in [1.54, 1.807) is 0 Å².